The molecule has 0 aliphatic carbocycles. The zero-order valence-electron chi connectivity index (χ0n) is 10.4. The number of hydrogen-bond acceptors (Lipinski definition) is 2. The minimum absolute atomic E-state index is 0.294. The van der Waals surface area contributed by atoms with Gasteiger partial charge in [-0.15, -0.1) is 0 Å². The third-order valence-corrected chi connectivity index (χ3v) is 2.90. The van der Waals surface area contributed by atoms with Gasteiger partial charge in [-0.2, -0.15) is 0 Å². The van der Waals surface area contributed by atoms with Crippen LogP contribution in [0.25, 0.3) is 0 Å². The normalized spacial score (nSPS) is 12.6. The Hall–Kier alpha value is -0.670. The summed E-state index contributed by atoms with van der Waals surface area (Å²) >= 11 is 3.35. The molecule has 1 rings (SSSR count). The molecule has 0 aliphatic rings. The van der Waals surface area contributed by atoms with Gasteiger partial charge in [0.25, 0.3) is 0 Å². The summed E-state index contributed by atoms with van der Waals surface area (Å²) in [6, 6.07) is 2.42. The maximum absolute atomic E-state index is 4.51. The van der Waals surface area contributed by atoms with Gasteiger partial charge in [0.15, 0.2) is 0 Å². The molecule has 0 amide bonds. The smallest absolute Gasteiger partial charge is 0.0426 e. The first kappa shape index (κ1) is 13.4. The van der Waals surface area contributed by atoms with Crippen molar-refractivity contribution in [1.82, 2.24) is 10.3 Å². The van der Waals surface area contributed by atoms with E-state index in [2.05, 4.69) is 59.6 Å². The highest BCUT2D eigenvalue weighted by atomic mass is 79.9. The number of nitrogens with zero attached hydrogens (tertiary/aromatic N) is 1. The Morgan fingerprint density at radius 2 is 2.12 bits per heavy atom. The lowest BCUT2D eigenvalue weighted by molar-refractivity contribution is 0.605. The van der Waals surface area contributed by atoms with Gasteiger partial charge < -0.3 is 5.32 Å². The molecule has 0 saturated carbocycles. The van der Waals surface area contributed by atoms with Crippen LogP contribution in [0.15, 0.2) is 17.1 Å². The van der Waals surface area contributed by atoms with Crippen LogP contribution in [0.2, 0.25) is 0 Å². The number of nitrogens with one attached hydrogen (secondary N) is 1. The van der Waals surface area contributed by atoms with Gasteiger partial charge in [-0.3, -0.25) is 4.98 Å². The van der Waals surface area contributed by atoms with Crippen molar-refractivity contribution in [3.05, 3.63) is 39.6 Å². The van der Waals surface area contributed by atoms with Crippen molar-refractivity contribution in [3.63, 3.8) is 0 Å². The van der Waals surface area contributed by atoms with Crippen LogP contribution in [0.3, 0.4) is 0 Å². The summed E-state index contributed by atoms with van der Waals surface area (Å²) in [5.41, 5.74) is 4.78. The second kappa shape index (κ2) is 5.60. The van der Waals surface area contributed by atoms with Crippen LogP contribution in [-0.2, 0) is 0 Å². The van der Waals surface area contributed by atoms with E-state index in [0.29, 0.717) is 6.04 Å². The molecule has 0 spiro atoms. The molecule has 1 unspecified atom stereocenters. The molecule has 0 saturated heterocycles. The first-order chi connectivity index (χ1) is 7.41. The Morgan fingerprint density at radius 3 is 2.62 bits per heavy atom. The van der Waals surface area contributed by atoms with E-state index < -0.39 is 0 Å². The van der Waals surface area contributed by atoms with Crippen molar-refractivity contribution in [2.24, 2.45) is 0 Å². The Morgan fingerprint density at radius 1 is 1.50 bits per heavy atom. The molecule has 1 aromatic rings. The monoisotopic (exact) mass is 282 g/mol. The highest BCUT2D eigenvalue weighted by molar-refractivity contribution is 9.11. The summed E-state index contributed by atoms with van der Waals surface area (Å²) in [5.74, 6) is 0. The molecule has 0 aromatic carbocycles. The van der Waals surface area contributed by atoms with E-state index in [9.17, 15) is 0 Å². The number of halogens is 1. The number of rotatable bonds is 4. The zero-order valence-corrected chi connectivity index (χ0v) is 12.0. The van der Waals surface area contributed by atoms with Gasteiger partial charge in [0.2, 0.25) is 0 Å². The molecular formula is C13H19BrN2. The van der Waals surface area contributed by atoms with Crippen LogP contribution in [0, 0.1) is 20.8 Å². The van der Waals surface area contributed by atoms with E-state index in [0.717, 1.165) is 22.4 Å². The Balaban J connectivity index is 2.90. The predicted molar refractivity (Wildman–Crippen MR) is 72.9 cm³/mol. The maximum atomic E-state index is 4.51. The fourth-order valence-electron chi connectivity index (χ4n) is 2.05. The summed E-state index contributed by atoms with van der Waals surface area (Å²) in [6.45, 7) is 13.0. The molecule has 1 atom stereocenters. The SMILES string of the molecule is C=C(Br)CNC(C)c1c(C)cc(C)nc1C. The molecule has 88 valence electrons. The van der Waals surface area contributed by atoms with Crippen molar-refractivity contribution >= 4 is 15.9 Å². The average molecular weight is 283 g/mol. The molecular weight excluding hydrogens is 264 g/mol. The lowest BCUT2D eigenvalue weighted by Gasteiger charge is -2.18. The lowest BCUT2D eigenvalue weighted by Crippen LogP contribution is -2.22. The largest absolute Gasteiger partial charge is 0.306 e. The second-order valence-electron chi connectivity index (χ2n) is 4.20. The van der Waals surface area contributed by atoms with Crippen LogP contribution in [0.4, 0.5) is 0 Å². The fourth-order valence-corrected chi connectivity index (χ4v) is 2.22. The third-order valence-electron chi connectivity index (χ3n) is 2.62. The highest BCUT2D eigenvalue weighted by Crippen LogP contribution is 2.21. The van der Waals surface area contributed by atoms with Crippen molar-refractivity contribution < 1.29 is 0 Å². The predicted octanol–water partition coefficient (Wildman–Crippen LogP) is 3.57. The van der Waals surface area contributed by atoms with E-state index in [1.54, 1.807) is 0 Å². The first-order valence-electron chi connectivity index (χ1n) is 5.43. The van der Waals surface area contributed by atoms with Crippen LogP contribution < -0.4 is 5.32 Å². The molecule has 16 heavy (non-hydrogen) atoms. The zero-order chi connectivity index (χ0) is 12.3. The standard InChI is InChI=1S/C13H19BrN2/c1-8-6-10(3)16-12(5)13(8)11(4)15-7-9(2)14/h6,11,15H,2,7H2,1,3-5H3. The maximum Gasteiger partial charge on any atom is 0.0426 e. The van der Waals surface area contributed by atoms with E-state index in [-0.39, 0.29) is 0 Å². The minimum atomic E-state index is 0.294. The first-order valence-corrected chi connectivity index (χ1v) is 6.22. The summed E-state index contributed by atoms with van der Waals surface area (Å²) in [6.07, 6.45) is 0. The van der Waals surface area contributed by atoms with E-state index >= 15 is 0 Å². The Labute approximate surface area is 106 Å². The van der Waals surface area contributed by atoms with Crippen LogP contribution in [0.1, 0.15) is 35.5 Å². The van der Waals surface area contributed by atoms with Gasteiger partial charge in [0.05, 0.1) is 0 Å². The number of pyridine rings is 1. The van der Waals surface area contributed by atoms with Gasteiger partial charge in [0, 0.05) is 28.5 Å². The van der Waals surface area contributed by atoms with Gasteiger partial charge in [-0.1, -0.05) is 22.5 Å². The molecule has 0 radical (unpaired) electrons. The molecule has 0 aliphatic heterocycles. The van der Waals surface area contributed by atoms with E-state index in [1.807, 2.05) is 6.92 Å². The van der Waals surface area contributed by atoms with E-state index in [1.165, 1.54) is 11.1 Å². The second-order valence-corrected chi connectivity index (χ2v) is 5.32. The molecule has 2 nitrogen and oxygen atoms in total. The molecule has 3 heteroatoms. The molecule has 0 bridgehead atoms. The van der Waals surface area contributed by atoms with Crippen LogP contribution in [-0.4, -0.2) is 11.5 Å². The molecule has 1 aromatic heterocycles. The lowest BCUT2D eigenvalue weighted by atomic mass is 10.0. The van der Waals surface area contributed by atoms with Crippen LogP contribution in [0.5, 0.6) is 0 Å². The minimum Gasteiger partial charge on any atom is -0.306 e. The fraction of sp³-hybridized carbons (Fsp3) is 0.462. The molecule has 1 N–H and O–H groups in total. The van der Waals surface area contributed by atoms with Crippen LogP contribution >= 0.6 is 15.9 Å². The van der Waals surface area contributed by atoms with Crippen molar-refractivity contribution in [2.45, 2.75) is 33.7 Å². The quantitative estimate of drug-likeness (QED) is 0.913. The van der Waals surface area contributed by atoms with Crippen molar-refractivity contribution in [1.29, 1.82) is 0 Å². The van der Waals surface area contributed by atoms with Gasteiger partial charge >= 0.3 is 0 Å². The topological polar surface area (TPSA) is 24.9 Å². The summed E-state index contributed by atoms with van der Waals surface area (Å²) in [4.78, 5) is 4.51. The molecule has 1 heterocycles. The Bertz CT molecular complexity index is 376. The highest BCUT2D eigenvalue weighted by Gasteiger charge is 2.12. The third kappa shape index (κ3) is 3.42. The number of aromatic nitrogens is 1. The van der Waals surface area contributed by atoms with Gasteiger partial charge in [0.1, 0.15) is 0 Å². The average Bonchev–Trinajstić information content (AvgIpc) is 2.12. The van der Waals surface area contributed by atoms with Gasteiger partial charge in [-0.05, 0) is 44.9 Å². The van der Waals surface area contributed by atoms with Crippen molar-refractivity contribution in [3.8, 4) is 0 Å². The van der Waals surface area contributed by atoms with Crippen molar-refractivity contribution in [2.75, 3.05) is 6.54 Å². The Kier molecular flexibility index (Phi) is 4.69. The molecule has 0 fully saturated rings. The number of hydrogen-bond donors (Lipinski definition) is 1. The summed E-state index contributed by atoms with van der Waals surface area (Å²) < 4.78 is 0.967. The van der Waals surface area contributed by atoms with E-state index in [4.69, 9.17) is 0 Å². The summed E-state index contributed by atoms with van der Waals surface area (Å²) in [5, 5.41) is 3.41. The summed E-state index contributed by atoms with van der Waals surface area (Å²) in [7, 11) is 0. The van der Waals surface area contributed by atoms with Gasteiger partial charge in [-0.25, -0.2) is 0 Å². The number of aryl methyl sites for hydroxylation is 3.